The van der Waals surface area contributed by atoms with E-state index in [1.807, 2.05) is 35.2 Å². The topological polar surface area (TPSA) is 52.6 Å². The number of anilines is 1. The number of hydrogen-bond acceptors (Lipinski definition) is 5. The van der Waals surface area contributed by atoms with Gasteiger partial charge in [0, 0.05) is 51.7 Å². The van der Waals surface area contributed by atoms with Crippen LogP contribution in [-0.2, 0) is 11.2 Å². The number of carbonyl (C=O) groups is 1. The molecule has 0 radical (unpaired) electrons. The van der Waals surface area contributed by atoms with E-state index in [4.69, 9.17) is 0 Å². The summed E-state index contributed by atoms with van der Waals surface area (Å²) < 4.78 is 0. The minimum atomic E-state index is 0.179. The molecule has 1 amide bonds. The van der Waals surface area contributed by atoms with E-state index in [-0.39, 0.29) is 5.91 Å². The predicted molar refractivity (Wildman–Crippen MR) is 108 cm³/mol. The monoisotopic (exact) mass is 365 g/mol. The summed E-state index contributed by atoms with van der Waals surface area (Å²) in [6.45, 7) is 8.77. The Morgan fingerprint density at radius 3 is 2.44 bits per heavy atom. The maximum absolute atomic E-state index is 12.7. The minimum Gasteiger partial charge on any atom is -0.338 e. The molecule has 2 heterocycles. The third-order valence-electron chi connectivity index (χ3n) is 4.77. The number of piperazine rings is 1. The molecule has 0 aliphatic carbocycles. The molecule has 1 aliphatic rings. The van der Waals surface area contributed by atoms with Gasteiger partial charge in [0.25, 0.3) is 0 Å². The van der Waals surface area contributed by atoms with Crippen LogP contribution in [0.4, 0.5) is 5.95 Å². The zero-order valence-electron chi connectivity index (χ0n) is 15.7. The van der Waals surface area contributed by atoms with Crippen molar-refractivity contribution in [3.63, 3.8) is 0 Å². The second kappa shape index (κ2) is 9.83. The fourth-order valence-electron chi connectivity index (χ4n) is 3.25. The highest BCUT2D eigenvalue weighted by Gasteiger charge is 2.23. The lowest BCUT2D eigenvalue weighted by Gasteiger charge is -2.35. The summed E-state index contributed by atoms with van der Waals surface area (Å²) in [6, 6.07) is 12.2. The largest absolute Gasteiger partial charge is 0.338 e. The van der Waals surface area contributed by atoms with Crippen LogP contribution < -0.4 is 4.90 Å². The molecule has 0 unspecified atom stereocenters. The van der Waals surface area contributed by atoms with Gasteiger partial charge in [0.05, 0.1) is 6.54 Å². The van der Waals surface area contributed by atoms with Crippen LogP contribution in [0.15, 0.2) is 61.4 Å². The first kappa shape index (κ1) is 19.0. The van der Waals surface area contributed by atoms with Crippen molar-refractivity contribution in [3.8, 4) is 0 Å². The zero-order valence-corrected chi connectivity index (χ0v) is 15.7. The normalized spacial score (nSPS) is 14.4. The fraction of sp³-hybridized carbons (Fsp3) is 0.381. The summed E-state index contributed by atoms with van der Waals surface area (Å²) in [5.41, 5.74) is 1.29. The Labute approximate surface area is 161 Å². The third-order valence-corrected chi connectivity index (χ3v) is 4.77. The number of rotatable bonds is 8. The summed E-state index contributed by atoms with van der Waals surface area (Å²) in [5, 5.41) is 0. The van der Waals surface area contributed by atoms with E-state index in [1.54, 1.807) is 12.4 Å². The number of hydrogen-bond donors (Lipinski definition) is 0. The highest BCUT2D eigenvalue weighted by Crippen LogP contribution is 2.10. The van der Waals surface area contributed by atoms with Crippen LogP contribution in [0.25, 0.3) is 0 Å². The first-order chi connectivity index (χ1) is 13.3. The van der Waals surface area contributed by atoms with Gasteiger partial charge >= 0.3 is 0 Å². The smallest absolute Gasteiger partial charge is 0.236 e. The number of benzene rings is 1. The van der Waals surface area contributed by atoms with E-state index >= 15 is 0 Å². The Balaban J connectivity index is 1.48. The van der Waals surface area contributed by atoms with Crippen molar-refractivity contribution in [2.75, 3.05) is 50.7 Å². The summed E-state index contributed by atoms with van der Waals surface area (Å²) in [7, 11) is 0. The molecule has 1 aromatic carbocycles. The molecule has 0 bridgehead atoms. The van der Waals surface area contributed by atoms with Gasteiger partial charge in [-0.1, -0.05) is 36.4 Å². The van der Waals surface area contributed by atoms with E-state index in [9.17, 15) is 4.79 Å². The average molecular weight is 365 g/mol. The second-order valence-electron chi connectivity index (χ2n) is 6.68. The van der Waals surface area contributed by atoms with Crippen LogP contribution in [0.3, 0.4) is 0 Å². The predicted octanol–water partition coefficient (Wildman–Crippen LogP) is 1.86. The maximum Gasteiger partial charge on any atom is 0.236 e. The number of nitrogens with zero attached hydrogens (tertiary/aromatic N) is 5. The van der Waals surface area contributed by atoms with Gasteiger partial charge in [0.2, 0.25) is 11.9 Å². The Kier molecular flexibility index (Phi) is 6.93. The van der Waals surface area contributed by atoms with Crippen molar-refractivity contribution in [1.29, 1.82) is 0 Å². The molecule has 27 heavy (non-hydrogen) atoms. The number of carbonyl (C=O) groups excluding carboxylic acids is 1. The van der Waals surface area contributed by atoms with Gasteiger partial charge in [-0.25, -0.2) is 9.97 Å². The minimum absolute atomic E-state index is 0.179. The van der Waals surface area contributed by atoms with Gasteiger partial charge in [-0.2, -0.15) is 0 Å². The lowest BCUT2D eigenvalue weighted by Crippen LogP contribution is -2.51. The van der Waals surface area contributed by atoms with Crippen LogP contribution in [0.2, 0.25) is 0 Å². The number of aromatic nitrogens is 2. The number of amides is 1. The average Bonchev–Trinajstić information content (AvgIpc) is 2.73. The van der Waals surface area contributed by atoms with E-state index in [1.165, 1.54) is 5.56 Å². The van der Waals surface area contributed by atoms with Crippen LogP contribution in [-0.4, -0.2) is 71.5 Å². The van der Waals surface area contributed by atoms with Crippen molar-refractivity contribution in [1.82, 2.24) is 19.8 Å². The maximum atomic E-state index is 12.7. The molecule has 2 aromatic rings. The summed E-state index contributed by atoms with van der Waals surface area (Å²) in [4.78, 5) is 27.5. The summed E-state index contributed by atoms with van der Waals surface area (Å²) >= 11 is 0. The van der Waals surface area contributed by atoms with Crippen molar-refractivity contribution < 1.29 is 4.79 Å². The molecule has 1 aromatic heterocycles. The van der Waals surface area contributed by atoms with Gasteiger partial charge < -0.3 is 9.80 Å². The standard InChI is InChI=1S/C21H27N5O/c1-2-12-24(13-9-19-7-4-3-5-8-19)18-20(27)25-14-16-26(17-15-25)21-22-10-6-11-23-21/h2-8,10-11H,1,9,12-18H2. The summed E-state index contributed by atoms with van der Waals surface area (Å²) in [6.07, 6.45) is 6.30. The first-order valence-electron chi connectivity index (χ1n) is 9.43. The van der Waals surface area contributed by atoms with Crippen LogP contribution in [0, 0.1) is 0 Å². The molecule has 0 spiro atoms. The molecule has 0 atom stereocenters. The van der Waals surface area contributed by atoms with Crippen molar-refractivity contribution in [2.24, 2.45) is 0 Å². The molecule has 142 valence electrons. The highest BCUT2D eigenvalue weighted by atomic mass is 16.2. The van der Waals surface area contributed by atoms with E-state index in [0.29, 0.717) is 19.6 Å². The molecule has 1 fully saturated rings. The Hall–Kier alpha value is -2.73. The van der Waals surface area contributed by atoms with Crippen LogP contribution in [0.1, 0.15) is 5.56 Å². The van der Waals surface area contributed by atoms with Crippen molar-refractivity contribution >= 4 is 11.9 Å². The first-order valence-corrected chi connectivity index (χ1v) is 9.43. The summed E-state index contributed by atoms with van der Waals surface area (Å²) in [5.74, 6) is 0.916. The van der Waals surface area contributed by atoms with Gasteiger partial charge in [0.1, 0.15) is 0 Å². The zero-order chi connectivity index (χ0) is 18.9. The van der Waals surface area contributed by atoms with E-state index in [0.717, 1.165) is 38.5 Å². The molecular formula is C21H27N5O. The molecule has 0 saturated carbocycles. The molecule has 6 heteroatoms. The Morgan fingerprint density at radius 1 is 1.07 bits per heavy atom. The fourth-order valence-corrected chi connectivity index (χ4v) is 3.25. The van der Waals surface area contributed by atoms with Gasteiger partial charge in [-0.05, 0) is 18.1 Å². The van der Waals surface area contributed by atoms with Gasteiger partial charge in [-0.15, -0.1) is 6.58 Å². The van der Waals surface area contributed by atoms with E-state index in [2.05, 4.69) is 38.5 Å². The van der Waals surface area contributed by atoms with Crippen molar-refractivity contribution in [2.45, 2.75) is 6.42 Å². The Morgan fingerprint density at radius 2 is 1.78 bits per heavy atom. The van der Waals surface area contributed by atoms with Crippen LogP contribution in [0.5, 0.6) is 0 Å². The van der Waals surface area contributed by atoms with Gasteiger partial charge in [0.15, 0.2) is 0 Å². The highest BCUT2D eigenvalue weighted by molar-refractivity contribution is 5.78. The molecule has 1 saturated heterocycles. The molecule has 3 rings (SSSR count). The quantitative estimate of drug-likeness (QED) is 0.669. The third kappa shape index (κ3) is 5.62. The Bertz CT molecular complexity index is 714. The van der Waals surface area contributed by atoms with Gasteiger partial charge in [-0.3, -0.25) is 9.69 Å². The molecule has 6 nitrogen and oxygen atoms in total. The van der Waals surface area contributed by atoms with Crippen LogP contribution >= 0.6 is 0 Å². The molecule has 1 aliphatic heterocycles. The molecule has 0 N–H and O–H groups in total. The lowest BCUT2D eigenvalue weighted by atomic mass is 10.1. The van der Waals surface area contributed by atoms with Crippen molar-refractivity contribution in [3.05, 3.63) is 67.0 Å². The SMILES string of the molecule is C=CCN(CCc1ccccc1)CC(=O)N1CCN(c2ncccn2)CC1. The lowest BCUT2D eigenvalue weighted by molar-refractivity contribution is -0.132. The van der Waals surface area contributed by atoms with E-state index < -0.39 is 0 Å². The second-order valence-corrected chi connectivity index (χ2v) is 6.68. The molecular weight excluding hydrogens is 338 g/mol.